The van der Waals surface area contributed by atoms with E-state index in [-0.39, 0.29) is 6.61 Å². The molecule has 1 saturated heterocycles. The van der Waals surface area contributed by atoms with Gasteiger partial charge < -0.3 is 10.0 Å². The Morgan fingerprint density at radius 1 is 1.09 bits per heavy atom. The van der Waals surface area contributed by atoms with Crippen molar-refractivity contribution in [3.8, 4) is 0 Å². The van der Waals surface area contributed by atoms with E-state index in [1.165, 1.54) is 24.0 Å². The van der Waals surface area contributed by atoms with E-state index < -0.39 is 0 Å². The molecule has 2 heterocycles. The van der Waals surface area contributed by atoms with Gasteiger partial charge in [-0.05, 0) is 54.5 Å². The van der Waals surface area contributed by atoms with Crippen molar-refractivity contribution >= 4 is 16.7 Å². The van der Waals surface area contributed by atoms with Crippen molar-refractivity contribution in [2.45, 2.75) is 32.3 Å². The zero-order valence-electron chi connectivity index (χ0n) is 13.3. The Morgan fingerprint density at radius 2 is 1.91 bits per heavy atom. The number of allylic oxidation sites excluding steroid dienone is 2. The smallest absolute Gasteiger partial charge is 0.129 e. The van der Waals surface area contributed by atoms with Crippen molar-refractivity contribution in [3.05, 3.63) is 59.2 Å². The number of aromatic nitrogens is 1. The summed E-state index contributed by atoms with van der Waals surface area (Å²) in [5.41, 5.74) is 4.92. The van der Waals surface area contributed by atoms with Crippen LogP contribution in [0.4, 0.5) is 5.82 Å². The number of rotatable bonds is 2. The van der Waals surface area contributed by atoms with Gasteiger partial charge in [-0.2, -0.15) is 0 Å². The second-order valence-electron chi connectivity index (χ2n) is 6.38. The van der Waals surface area contributed by atoms with Crippen LogP contribution in [0.2, 0.25) is 0 Å². The third-order valence-corrected chi connectivity index (χ3v) is 4.88. The molecule has 2 aromatic rings. The molecule has 1 fully saturated rings. The van der Waals surface area contributed by atoms with E-state index in [2.05, 4.69) is 23.1 Å². The first-order valence-electron chi connectivity index (χ1n) is 8.48. The van der Waals surface area contributed by atoms with Crippen molar-refractivity contribution in [3.63, 3.8) is 0 Å². The third kappa shape index (κ3) is 2.77. The van der Waals surface area contributed by atoms with Gasteiger partial charge in [-0.3, -0.25) is 0 Å². The zero-order chi connectivity index (χ0) is 15.6. The predicted octanol–water partition coefficient (Wildman–Crippen LogP) is 3.97. The molecular formula is C20H22N2O. The average Bonchev–Trinajstić information content (AvgIpc) is 2.83. The Hall–Kier alpha value is -2.13. The number of pyridine rings is 1. The van der Waals surface area contributed by atoms with Gasteiger partial charge in [-0.1, -0.05) is 30.4 Å². The number of hydrogen-bond donors (Lipinski definition) is 1. The summed E-state index contributed by atoms with van der Waals surface area (Å²) < 4.78 is 0. The number of nitrogens with zero attached hydrogens (tertiary/aromatic N) is 2. The molecule has 118 valence electrons. The molecule has 3 heteroatoms. The van der Waals surface area contributed by atoms with Crippen LogP contribution in [0.3, 0.4) is 0 Å². The predicted molar refractivity (Wildman–Crippen MR) is 94.5 cm³/mol. The summed E-state index contributed by atoms with van der Waals surface area (Å²) in [6.07, 6.45) is 9.46. The summed E-state index contributed by atoms with van der Waals surface area (Å²) in [4.78, 5) is 7.22. The molecule has 0 spiro atoms. The Labute approximate surface area is 137 Å². The normalized spacial score (nSPS) is 18.2. The quantitative estimate of drug-likeness (QED) is 0.912. The number of aliphatic hydroxyl groups excluding tert-OH is 1. The molecular weight excluding hydrogens is 284 g/mol. The Balaban J connectivity index is 1.73. The maximum atomic E-state index is 9.73. The molecule has 0 amide bonds. The van der Waals surface area contributed by atoms with Gasteiger partial charge in [0.05, 0.1) is 12.1 Å². The molecule has 1 aromatic heterocycles. The molecule has 1 aromatic carbocycles. The summed E-state index contributed by atoms with van der Waals surface area (Å²) in [5, 5.41) is 10.8. The lowest BCUT2D eigenvalue weighted by molar-refractivity contribution is 0.283. The molecule has 3 nitrogen and oxygen atoms in total. The van der Waals surface area contributed by atoms with Crippen molar-refractivity contribution < 1.29 is 5.11 Å². The second kappa shape index (κ2) is 6.17. The average molecular weight is 306 g/mol. The van der Waals surface area contributed by atoms with Gasteiger partial charge in [0, 0.05) is 18.5 Å². The fourth-order valence-corrected chi connectivity index (χ4v) is 3.67. The van der Waals surface area contributed by atoms with E-state index in [0.29, 0.717) is 0 Å². The lowest BCUT2D eigenvalue weighted by atomic mass is 9.95. The molecule has 1 N–H and O–H groups in total. The highest BCUT2D eigenvalue weighted by molar-refractivity contribution is 5.84. The summed E-state index contributed by atoms with van der Waals surface area (Å²) in [6.45, 7) is 2.00. The molecule has 0 unspecified atom stereocenters. The van der Waals surface area contributed by atoms with Crippen LogP contribution in [0.5, 0.6) is 0 Å². The first kappa shape index (κ1) is 14.5. The van der Waals surface area contributed by atoms with Gasteiger partial charge in [-0.15, -0.1) is 0 Å². The van der Waals surface area contributed by atoms with Gasteiger partial charge in [0.1, 0.15) is 5.82 Å². The Morgan fingerprint density at radius 3 is 2.78 bits per heavy atom. The first-order valence-corrected chi connectivity index (χ1v) is 8.48. The van der Waals surface area contributed by atoms with E-state index in [9.17, 15) is 5.11 Å². The fourth-order valence-electron chi connectivity index (χ4n) is 3.67. The van der Waals surface area contributed by atoms with Gasteiger partial charge in [0.15, 0.2) is 0 Å². The van der Waals surface area contributed by atoms with Crippen molar-refractivity contribution in [1.82, 2.24) is 4.98 Å². The molecule has 0 saturated carbocycles. The van der Waals surface area contributed by atoms with E-state index >= 15 is 0 Å². The molecule has 1 aliphatic carbocycles. The minimum atomic E-state index is 0.0533. The third-order valence-electron chi connectivity index (χ3n) is 4.88. The number of benzene rings is 1. The molecule has 0 atom stereocenters. The number of fused-ring (bicyclic) bond motifs is 2. The first-order chi connectivity index (χ1) is 11.3. The number of para-hydroxylation sites is 1. The molecule has 0 bridgehead atoms. The molecule has 4 rings (SSSR count). The van der Waals surface area contributed by atoms with Gasteiger partial charge in [0.25, 0.3) is 0 Å². The topological polar surface area (TPSA) is 36.4 Å². The highest BCUT2D eigenvalue weighted by Gasteiger charge is 2.19. The Kier molecular flexibility index (Phi) is 3.88. The standard InChI is InChI=1S/C20H22N2O/c23-14-17-12-20(21-19-10-4-3-9-18(17)19)22-11-5-8-15-6-1-2-7-16(15)13-22/h3-4,6-7,9-10,12,23H,1-2,5,8,11,13-14H2. The molecule has 2 aliphatic rings. The van der Waals surface area contributed by atoms with Crippen LogP contribution in [0.1, 0.15) is 31.2 Å². The van der Waals surface area contributed by atoms with Crippen LogP contribution in [0, 0.1) is 0 Å². The van der Waals surface area contributed by atoms with Crippen LogP contribution < -0.4 is 4.90 Å². The number of anilines is 1. The Bertz CT molecular complexity index is 791. The molecule has 0 radical (unpaired) electrons. The van der Waals surface area contributed by atoms with Crippen LogP contribution in [0.25, 0.3) is 10.9 Å². The fraction of sp³-hybridized carbons (Fsp3) is 0.350. The van der Waals surface area contributed by atoms with Crippen molar-refractivity contribution in [2.75, 3.05) is 18.0 Å². The highest BCUT2D eigenvalue weighted by Crippen LogP contribution is 2.30. The van der Waals surface area contributed by atoms with Gasteiger partial charge in [-0.25, -0.2) is 4.98 Å². The SMILES string of the molecule is OCc1cc(N2CCCC3=CCCC=C3C2)nc2ccccc12. The van der Waals surface area contributed by atoms with Crippen molar-refractivity contribution in [1.29, 1.82) is 0 Å². The largest absolute Gasteiger partial charge is 0.392 e. The van der Waals surface area contributed by atoms with Gasteiger partial charge in [0.2, 0.25) is 0 Å². The van der Waals surface area contributed by atoms with E-state index in [1.807, 2.05) is 24.3 Å². The summed E-state index contributed by atoms with van der Waals surface area (Å²) in [7, 11) is 0. The van der Waals surface area contributed by atoms with Crippen LogP contribution in [0.15, 0.2) is 53.6 Å². The lowest BCUT2D eigenvalue weighted by Gasteiger charge is -2.24. The van der Waals surface area contributed by atoms with Crippen LogP contribution >= 0.6 is 0 Å². The number of hydrogen-bond acceptors (Lipinski definition) is 3. The minimum absolute atomic E-state index is 0.0533. The summed E-state index contributed by atoms with van der Waals surface area (Å²) >= 11 is 0. The summed E-state index contributed by atoms with van der Waals surface area (Å²) in [5.74, 6) is 0.987. The van der Waals surface area contributed by atoms with Gasteiger partial charge >= 0.3 is 0 Å². The van der Waals surface area contributed by atoms with Crippen LogP contribution in [-0.2, 0) is 6.61 Å². The van der Waals surface area contributed by atoms with Crippen molar-refractivity contribution in [2.24, 2.45) is 0 Å². The molecule has 1 aliphatic heterocycles. The maximum Gasteiger partial charge on any atom is 0.129 e. The van der Waals surface area contributed by atoms with E-state index in [4.69, 9.17) is 4.98 Å². The lowest BCUT2D eigenvalue weighted by Crippen LogP contribution is -2.26. The minimum Gasteiger partial charge on any atom is -0.392 e. The number of aliphatic hydroxyl groups is 1. The summed E-state index contributed by atoms with van der Waals surface area (Å²) in [6, 6.07) is 10.1. The highest BCUT2D eigenvalue weighted by atomic mass is 16.3. The second-order valence-corrected chi connectivity index (χ2v) is 6.38. The van der Waals surface area contributed by atoms with E-state index in [0.717, 1.165) is 48.2 Å². The zero-order valence-corrected chi connectivity index (χ0v) is 13.3. The maximum absolute atomic E-state index is 9.73. The van der Waals surface area contributed by atoms with E-state index in [1.54, 1.807) is 0 Å². The van der Waals surface area contributed by atoms with Crippen LogP contribution in [-0.4, -0.2) is 23.2 Å². The molecule has 23 heavy (non-hydrogen) atoms. The monoisotopic (exact) mass is 306 g/mol.